The second-order valence-electron chi connectivity index (χ2n) is 13.4. The first-order chi connectivity index (χ1) is 14.3. The summed E-state index contributed by atoms with van der Waals surface area (Å²) in [5.74, 6) is 6.84. The number of hydrogen-bond acceptors (Lipinski definition) is 1. The maximum Gasteiger partial charge on any atom is 0.0639 e. The Bertz CT molecular complexity index is 638. The molecule has 0 aromatic carbocycles. The quantitative estimate of drug-likeness (QED) is 0.408. The Morgan fingerprint density at radius 1 is 0.900 bits per heavy atom. The van der Waals surface area contributed by atoms with Gasteiger partial charge < -0.3 is 4.74 Å². The van der Waals surface area contributed by atoms with E-state index in [4.69, 9.17) is 4.74 Å². The molecule has 0 aromatic rings. The Morgan fingerprint density at radius 2 is 1.70 bits per heavy atom. The zero-order valence-electron chi connectivity index (χ0n) is 21.0. The smallest absolute Gasteiger partial charge is 0.0639 e. The van der Waals surface area contributed by atoms with Crippen molar-refractivity contribution in [2.24, 2.45) is 57.7 Å². The fourth-order valence-electron chi connectivity index (χ4n) is 10.8. The van der Waals surface area contributed by atoms with E-state index in [-0.39, 0.29) is 0 Å². The SMILES string of the molecule is CCO[C@H]1CCC[C@]2(C)[C@H]3CC[C@]4(C)[C@@H]([C@H](C)CCCC(C)C)CC[C@H]4[C@@H]3[C@@H]3C[C@@]132. The van der Waals surface area contributed by atoms with E-state index in [0.29, 0.717) is 22.3 Å². The average Bonchev–Trinajstić information content (AvgIpc) is 3.26. The molecule has 0 aliphatic heterocycles. The molecule has 0 N–H and O–H groups in total. The van der Waals surface area contributed by atoms with Gasteiger partial charge in [0.05, 0.1) is 6.10 Å². The summed E-state index contributed by atoms with van der Waals surface area (Å²) in [7, 11) is 0. The summed E-state index contributed by atoms with van der Waals surface area (Å²) in [6.07, 6.45) is 16.8. The van der Waals surface area contributed by atoms with Crippen molar-refractivity contribution < 1.29 is 4.74 Å². The molecule has 0 radical (unpaired) electrons. The Hall–Kier alpha value is -0.0400. The molecular weight excluding hydrogens is 364 g/mol. The summed E-state index contributed by atoms with van der Waals surface area (Å²) < 4.78 is 6.47. The third kappa shape index (κ3) is 2.82. The highest BCUT2D eigenvalue weighted by Gasteiger charge is 2.81. The normalized spacial score (nSPS) is 52.5. The first-order valence-corrected chi connectivity index (χ1v) is 13.9. The molecule has 5 aliphatic rings. The minimum atomic E-state index is 0.572. The Morgan fingerprint density at radius 3 is 2.43 bits per heavy atom. The van der Waals surface area contributed by atoms with Gasteiger partial charge in [0.15, 0.2) is 0 Å². The predicted molar refractivity (Wildman–Crippen MR) is 126 cm³/mol. The summed E-state index contributed by atoms with van der Waals surface area (Å²) in [6, 6.07) is 0. The highest BCUT2D eigenvalue weighted by Crippen LogP contribution is 2.85. The molecule has 5 rings (SSSR count). The highest BCUT2D eigenvalue weighted by atomic mass is 16.5. The molecule has 0 unspecified atom stereocenters. The molecule has 1 nitrogen and oxygen atoms in total. The van der Waals surface area contributed by atoms with Gasteiger partial charge in [0.1, 0.15) is 0 Å². The van der Waals surface area contributed by atoms with Crippen LogP contribution in [0.15, 0.2) is 0 Å². The van der Waals surface area contributed by atoms with Crippen LogP contribution in [0.3, 0.4) is 0 Å². The molecule has 10 atom stereocenters. The molecule has 0 bridgehead atoms. The molecule has 30 heavy (non-hydrogen) atoms. The molecule has 172 valence electrons. The third-order valence-electron chi connectivity index (χ3n) is 12.0. The molecule has 0 aromatic heterocycles. The maximum absolute atomic E-state index is 6.47. The van der Waals surface area contributed by atoms with Crippen LogP contribution >= 0.6 is 0 Å². The molecule has 5 fully saturated rings. The molecule has 5 saturated carbocycles. The minimum absolute atomic E-state index is 0.572. The average molecular weight is 415 g/mol. The summed E-state index contributed by atoms with van der Waals surface area (Å²) in [6.45, 7) is 16.0. The van der Waals surface area contributed by atoms with Crippen LogP contribution in [0.4, 0.5) is 0 Å². The van der Waals surface area contributed by atoms with Crippen LogP contribution in [0.5, 0.6) is 0 Å². The molecule has 0 amide bonds. The standard InChI is InChI=1S/C29H50O/c1-7-30-25-12-9-16-28(6)23-15-17-27(5)21(20(4)11-8-10-19(2)3)13-14-22(27)26(23)24-18-29(24,25)28/h19-26H,7-18H2,1-6H3/t20-,21-,22+,23+,24+,25+,26+,27-,28-,29+/m1/s1. The summed E-state index contributed by atoms with van der Waals surface area (Å²) in [5.41, 5.74) is 1.79. The van der Waals surface area contributed by atoms with Crippen LogP contribution in [0.2, 0.25) is 0 Å². The fraction of sp³-hybridized carbons (Fsp3) is 1.00. The number of fused-ring (bicyclic) bond motifs is 5. The lowest BCUT2D eigenvalue weighted by Crippen LogP contribution is -2.49. The van der Waals surface area contributed by atoms with Gasteiger partial charge in [-0.2, -0.15) is 0 Å². The van der Waals surface area contributed by atoms with Crippen molar-refractivity contribution in [1.29, 1.82) is 0 Å². The monoisotopic (exact) mass is 414 g/mol. The van der Waals surface area contributed by atoms with Crippen molar-refractivity contribution in [3.05, 3.63) is 0 Å². The van der Waals surface area contributed by atoms with Gasteiger partial charge in [0.2, 0.25) is 0 Å². The van der Waals surface area contributed by atoms with Crippen molar-refractivity contribution in [2.45, 2.75) is 118 Å². The van der Waals surface area contributed by atoms with E-state index in [1.54, 1.807) is 6.42 Å². The fourth-order valence-corrected chi connectivity index (χ4v) is 10.8. The van der Waals surface area contributed by atoms with Gasteiger partial charge in [0, 0.05) is 12.0 Å². The van der Waals surface area contributed by atoms with Gasteiger partial charge in [-0.15, -0.1) is 0 Å². The van der Waals surface area contributed by atoms with E-state index >= 15 is 0 Å². The van der Waals surface area contributed by atoms with Crippen LogP contribution in [0.25, 0.3) is 0 Å². The Kier molecular flexibility index (Phi) is 5.44. The Balaban J connectivity index is 1.36. The van der Waals surface area contributed by atoms with Gasteiger partial charge >= 0.3 is 0 Å². The predicted octanol–water partition coefficient (Wildman–Crippen LogP) is 8.12. The van der Waals surface area contributed by atoms with E-state index in [9.17, 15) is 0 Å². The summed E-state index contributed by atoms with van der Waals surface area (Å²) in [4.78, 5) is 0. The van der Waals surface area contributed by atoms with Crippen LogP contribution in [-0.2, 0) is 4.74 Å². The van der Waals surface area contributed by atoms with E-state index in [1.165, 1.54) is 64.2 Å². The van der Waals surface area contributed by atoms with Crippen molar-refractivity contribution in [3.63, 3.8) is 0 Å². The van der Waals surface area contributed by atoms with Gasteiger partial charge in [-0.3, -0.25) is 0 Å². The molecule has 5 aliphatic carbocycles. The lowest BCUT2D eigenvalue weighted by Gasteiger charge is -2.54. The number of hydrogen-bond donors (Lipinski definition) is 0. The van der Waals surface area contributed by atoms with E-state index in [1.807, 2.05) is 0 Å². The first-order valence-electron chi connectivity index (χ1n) is 13.9. The van der Waals surface area contributed by atoms with Crippen molar-refractivity contribution in [3.8, 4) is 0 Å². The van der Waals surface area contributed by atoms with E-state index in [2.05, 4.69) is 41.5 Å². The lowest BCUT2D eigenvalue weighted by atomic mass is 9.51. The molecule has 1 heteroatoms. The highest BCUT2D eigenvalue weighted by molar-refractivity contribution is 5.29. The second kappa shape index (κ2) is 7.50. The second-order valence-corrected chi connectivity index (χ2v) is 13.4. The van der Waals surface area contributed by atoms with E-state index in [0.717, 1.165) is 48.0 Å². The maximum atomic E-state index is 6.47. The van der Waals surface area contributed by atoms with Crippen LogP contribution in [0, 0.1) is 57.7 Å². The minimum Gasteiger partial charge on any atom is -0.378 e. The van der Waals surface area contributed by atoms with Gasteiger partial charge in [0.25, 0.3) is 0 Å². The lowest BCUT2D eigenvalue weighted by molar-refractivity contribution is -0.101. The topological polar surface area (TPSA) is 9.23 Å². The van der Waals surface area contributed by atoms with Crippen molar-refractivity contribution >= 4 is 0 Å². The van der Waals surface area contributed by atoms with E-state index < -0.39 is 0 Å². The number of ether oxygens (including phenoxy) is 1. The van der Waals surface area contributed by atoms with Gasteiger partial charge in [-0.25, -0.2) is 0 Å². The van der Waals surface area contributed by atoms with Crippen LogP contribution in [0.1, 0.15) is 112 Å². The zero-order chi connectivity index (χ0) is 21.3. The summed E-state index contributed by atoms with van der Waals surface area (Å²) in [5, 5.41) is 0. The van der Waals surface area contributed by atoms with Crippen molar-refractivity contribution in [1.82, 2.24) is 0 Å². The zero-order valence-corrected chi connectivity index (χ0v) is 21.0. The Labute approximate surface area is 187 Å². The van der Waals surface area contributed by atoms with Crippen LogP contribution in [-0.4, -0.2) is 12.7 Å². The number of rotatable bonds is 7. The third-order valence-corrected chi connectivity index (χ3v) is 12.0. The van der Waals surface area contributed by atoms with Crippen LogP contribution < -0.4 is 0 Å². The molecular formula is C29H50O. The molecule has 1 spiro atoms. The molecule has 0 heterocycles. The van der Waals surface area contributed by atoms with Gasteiger partial charge in [-0.1, -0.05) is 60.3 Å². The van der Waals surface area contributed by atoms with Gasteiger partial charge in [-0.05, 0) is 104 Å². The molecule has 0 saturated heterocycles. The van der Waals surface area contributed by atoms with Crippen molar-refractivity contribution in [2.75, 3.05) is 6.61 Å². The first kappa shape index (κ1) is 21.8. The summed E-state index contributed by atoms with van der Waals surface area (Å²) >= 11 is 0. The largest absolute Gasteiger partial charge is 0.378 e.